The van der Waals surface area contributed by atoms with Gasteiger partial charge in [-0.05, 0) is 53.3 Å². The number of sulfone groups is 1. The summed E-state index contributed by atoms with van der Waals surface area (Å²) < 4.78 is 96.1. The van der Waals surface area contributed by atoms with Crippen LogP contribution >= 0.6 is 0 Å². The Bertz CT molecular complexity index is 1750. The molecule has 1 aliphatic heterocycles. The third-order valence-corrected chi connectivity index (χ3v) is 10.4. The lowest BCUT2D eigenvalue weighted by Gasteiger charge is -2.41. The first kappa shape index (κ1) is 34.2. The summed E-state index contributed by atoms with van der Waals surface area (Å²) in [6.07, 6.45) is -2.84. The lowest BCUT2D eigenvalue weighted by molar-refractivity contribution is -0.199. The molecule has 1 aliphatic rings. The van der Waals surface area contributed by atoms with Gasteiger partial charge in [-0.25, -0.2) is 21.8 Å². The molecule has 0 radical (unpaired) electrons. The fraction of sp³-hybridized carbons (Fsp3) is 0.367. The quantitative estimate of drug-likeness (QED) is 0.327. The van der Waals surface area contributed by atoms with Gasteiger partial charge in [-0.3, -0.25) is 14.5 Å². The first-order chi connectivity index (χ1) is 20.9. The lowest BCUT2D eigenvalue weighted by atomic mass is 9.93. The van der Waals surface area contributed by atoms with Crippen LogP contribution in [-0.4, -0.2) is 80.3 Å². The van der Waals surface area contributed by atoms with Gasteiger partial charge in [0.25, 0.3) is 10.0 Å². The molecule has 45 heavy (non-hydrogen) atoms. The standard InChI is InChI=1S/C30H33F3N4O6S2/c1-19(2)16-24(29(34)39)37(25-17-36(18-26(25)38)45(42,43)27-6-4-5-15-35-27)28(30(31,32)33)22-9-7-20(8-10-22)21-11-13-23(14-12-21)44(3,40)41/h4-15,19,24-25,28H,16-18H2,1-3H3,(H2,34,39)/t24-,25?,28-/m0/s1. The minimum atomic E-state index is -5.02. The van der Waals surface area contributed by atoms with Gasteiger partial charge in [0.2, 0.25) is 5.91 Å². The number of nitrogens with zero attached hydrogens (tertiary/aromatic N) is 3. The number of amides is 1. The Morgan fingerprint density at radius 3 is 2.04 bits per heavy atom. The monoisotopic (exact) mass is 666 g/mol. The first-order valence-corrected chi connectivity index (χ1v) is 17.2. The number of sulfonamides is 1. The molecular formula is C30H33F3N4O6S2. The van der Waals surface area contributed by atoms with Crippen molar-refractivity contribution in [1.29, 1.82) is 0 Å². The van der Waals surface area contributed by atoms with E-state index in [4.69, 9.17) is 5.73 Å². The average Bonchev–Trinajstić information content (AvgIpc) is 3.36. The highest BCUT2D eigenvalue weighted by Crippen LogP contribution is 2.43. The summed E-state index contributed by atoms with van der Waals surface area (Å²) in [6.45, 7) is 2.03. The molecule has 3 aromatic rings. The maximum atomic E-state index is 15.1. The molecule has 0 bridgehead atoms. The molecule has 15 heteroatoms. The zero-order chi connectivity index (χ0) is 33.3. The molecular weight excluding hydrogens is 633 g/mol. The van der Waals surface area contributed by atoms with Gasteiger partial charge in [-0.15, -0.1) is 0 Å². The van der Waals surface area contributed by atoms with Crippen molar-refractivity contribution in [2.24, 2.45) is 11.7 Å². The molecule has 4 rings (SSSR count). The van der Waals surface area contributed by atoms with Gasteiger partial charge in [0.05, 0.1) is 23.5 Å². The summed E-state index contributed by atoms with van der Waals surface area (Å²) in [6, 6.07) is 9.50. The van der Waals surface area contributed by atoms with E-state index in [1.165, 1.54) is 72.9 Å². The normalized spacial score (nSPS) is 18.0. The molecule has 3 atom stereocenters. The van der Waals surface area contributed by atoms with Crippen molar-refractivity contribution in [2.45, 2.75) is 54.5 Å². The topological polar surface area (TPSA) is 148 Å². The molecule has 0 spiro atoms. The maximum Gasteiger partial charge on any atom is 0.408 e. The number of carbonyl (C=O) groups excluding carboxylic acids is 2. The number of Topliss-reactive ketones (excluding diaryl/α,β-unsaturated/α-hetero) is 1. The number of ketones is 1. The number of carbonyl (C=O) groups is 2. The number of benzene rings is 2. The Labute approximate surface area is 260 Å². The number of primary amides is 1. The Hall–Kier alpha value is -3.66. The molecule has 10 nitrogen and oxygen atoms in total. The molecule has 1 aromatic heterocycles. The van der Waals surface area contributed by atoms with Gasteiger partial charge in [-0.1, -0.05) is 56.3 Å². The Kier molecular flexibility index (Phi) is 9.87. The number of rotatable bonds is 11. The van der Waals surface area contributed by atoms with E-state index in [1.54, 1.807) is 13.8 Å². The molecule has 1 fully saturated rings. The first-order valence-electron chi connectivity index (χ1n) is 13.9. The van der Waals surface area contributed by atoms with Gasteiger partial charge in [-0.2, -0.15) is 17.5 Å². The van der Waals surface area contributed by atoms with Crippen LogP contribution < -0.4 is 5.73 Å². The van der Waals surface area contributed by atoms with E-state index in [0.29, 0.717) is 16.0 Å². The Morgan fingerprint density at radius 2 is 1.58 bits per heavy atom. The predicted molar refractivity (Wildman–Crippen MR) is 160 cm³/mol. The molecule has 1 saturated heterocycles. The van der Waals surface area contributed by atoms with Gasteiger partial charge in [0.1, 0.15) is 6.04 Å². The van der Waals surface area contributed by atoms with E-state index in [9.17, 15) is 26.4 Å². The van der Waals surface area contributed by atoms with Crippen LogP contribution in [0.4, 0.5) is 13.2 Å². The number of pyridine rings is 1. The van der Waals surface area contributed by atoms with Crippen LogP contribution in [0, 0.1) is 5.92 Å². The van der Waals surface area contributed by atoms with E-state index in [-0.39, 0.29) is 27.8 Å². The second-order valence-electron chi connectivity index (χ2n) is 11.3. The fourth-order valence-electron chi connectivity index (χ4n) is 5.41. The molecule has 0 saturated carbocycles. The number of halogens is 3. The largest absolute Gasteiger partial charge is 0.408 e. The van der Waals surface area contributed by atoms with E-state index in [0.717, 1.165) is 10.6 Å². The van der Waals surface area contributed by atoms with Crippen LogP contribution in [0.1, 0.15) is 31.9 Å². The minimum absolute atomic E-state index is 0.0821. The number of hydrogen-bond donors (Lipinski definition) is 1. The molecule has 0 aliphatic carbocycles. The third kappa shape index (κ3) is 7.60. The van der Waals surface area contributed by atoms with E-state index >= 15 is 13.2 Å². The van der Waals surface area contributed by atoms with Crippen molar-refractivity contribution in [3.05, 3.63) is 78.5 Å². The predicted octanol–water partition coefficient (Wildman–Crippen LogP) is 3.60. The summed E-state index contributed by atoms with van der Waals surface area (Å²) in [7, 11) is -7.79. The van der Waals surface area contributed by atoms with Gasteiger partial charge in [0, 0.05) is 19.0 Å². The van der Waals surface area contributed by atoms with E-state index < -0.39 is 68.9 Å². The fourth-order valence-corrected chi connectivity index (χ4v) is 7.38. The van der Waals surface area contributed by atoms with Gasteiger partial charge >= 0.3 is 6.18 Å². The van der Waals surface area contributed by atoms with Crippen LogP contribution in [0.3, 0.4) is 0 Å². The average molecular weight is 667 g/mol. The summed E-state index contributed by atoms with van der Waals surface area (Å²) in [5.41, 5.74) is 6.41. The maximum absolute atomic E-state index is 15.1. The highest BCUT2D eigenvalue weighted by molar-refractivity contribution is 7.90. The highest BCUT2D eigenvalue weighted by Gasteiger charge is 2.54. The second-order valence-corrected chi connectivity index (χ2v) is 15.2. The van der Waals surface area contributed by atoms with Crippen molar-refractivity contribution < 1.29 is 39.6 Å². The van der Waals surface area contributed by atoms with Crippen molar-refractivity contribution in [3.63, 3.8) is 0 Å². The van der Waals surface area contributed by atoms with Crippen molar-refractivity contribution in [3.8, 4) is 11.1 Å². The van der Waals surface area contributed by atoms with Crippen LogP contribution in [-0.2, 0) is 29.4 Å². The summed E-state index contributed by atoms with van der Waals surface area (Å²) in [4.78, 5) is 30.8. The van der Waals surface area contributed by atoms with E-state index in [2.05, 4.69) is 4.98 Å². The Balaban J connectivity index is 1.78. The summed E-state index contributed by atoms with van der Waals surface area (Å²) in [5, 5.41) is -0.369. The molecule has 2 aromatic carbocycles. The van der Waals surface area contributed by atoms with Crippen molar-refractivity contribution in [1.82, 2.24) is 14.2 Å². The zero-order valence-electron chi connectivity index (χ0n) is 24.7. The van der Waals surface area contributed by atoms with Gasteiger partial charge < -0.3 is 5.73 Å². The van der Waals surface area contributed by atoms with Crippen molar-refractivity contribution >= 4 is 31.6 Å². The van der Waals surface area contributed by atoms with Gasteiger partial charge in [0.15, 0.2) is 20.6 Å². The summed E-state index contributed by atoms with van der Waals surface area (Å²) in [5.74, 6) is -2.21. The molecule has 242 valence electrons. The SMILES string of the molecule is CC(C)C[C@@H](C(N)=O)N(C1CN(S(=O)(=O)c2ccccn2)CC1=O)[C@@H](c1ccc(-c2ccc(S(C)(=O)=O)cc2)cc1)C(F)(F)F. The van der Waals surface area contributed by atoms with Crippen LogP contribution in [0.15, 0.2) is 82.8 Å². The van der Waals surface area contributed by atoms with Crippen molar-refractivity contribution in [2.75, 3.05) is 19.3 Å². The van der Waals surface area contributed by atoms with Crippen LogP contribution in [0.5, 0.6) is 0 Å². The van der Waals surface area contributed by atoms with Crippen LogP contribution in [0.2, 0.25) is 0 Å². The molecule has 2 N–H and O–H groups in total. The van der Waals surface area contributed by atoms with Crippen LogP contribution in [0.25, 0.3) is 11.1 Å². The smallest absolute Gasteiger partial charge is 0.368 e. The lowest BCUT2D eigenvalue weighted by Crippen LogP contribution is -2.57. The molecule has 1 amide bonds. The number of alkyl halides is 3. The zero-order valence-corrected chi connectivity index (χ0v) is 26.3. The number of hydrogen-bond acceptors (Lipinski definition) is 8. The second kappa shape index (κ2) is 13.0. The van der Waals surface area contributed by atoms with E-state index in [1.807, 2.05) is 0 Å². The number of nitrogens with two attached hydrogens (primary N) is 1. The summed E-state index contributed by atoms with van der Waals surface area (Å²) >= 11 is 0. The molecule has 2 heterocycles. The molecule has 1 unspecified atom stereocenters. The Morgan fingerprint density at radius 1 is 1.00 bits per heavy atom. The minimum Gasteiger partial charge on any atom is -0.368 e. The highest BCUT2D eigenvalue weighted by atomic mass is 32.2. The third-order valence-electron chi connectivity index (χ3n) is 7.52. The number of aromatic nitrogens is 1.